The van der Waals surface area contributed by atoms with Crippen molar-refractivity contribution < 1.29 is 18.8 Å². The Morgan fingerprint density at radius 1 is 1.57 bits per heavy atom. The lowest BCUT2D eigenvalue weighted by Gasteiger charge is -2.43. The van der Waals surface area contributed by atoms with Gasteiger partial charge in [0.25, 0.3) is 0 Å². The maximum Gasteiger partial charge on any atom is 0.313 e. The van der Waals surface area contributed by atoms with Crippen LogP contribution in [0.5, 0.6) is 5.75 Å². The average molecular weight is 299 g/mol. The number of halogens is 1. The topological polar surface area (TPSA) is 99.7 Å². The molecule has 0 radical (unpaired) electrons. The first-order valence-electron chi connectivity index (χ1n) is 6.63. The monoisotopic (exact) mass is 299 g/mol. The predicted molar refractivity (Wildman–Crippen MR) is 75.0 cm³/mol. The highest BCUT2D eigenvalue weighted by atomic mass is 19.1. The molecule has 1 aromatic carbocycles. The van der Waals surface area contributed by atoms with Gasteiger partial charge in [-0.15, -0.1) is 0 Å². The van der Waals surface area contributed by atoms with Gasteiger partial charge in [0.05, 0.1) is 35.9 Å². The third kappa shape index (κ3) is 3.06. The van der Waals surface area contributed by atoms with E-state index in [1.165, 1.54) is 13.2 Å². The van der Waals surface area contributed by atoms with Gasteiger partial charge in [0.15, 0.2) is 11.6 Å². The first kappa shape index (κ1) is 15.5. The maximum absolute atomic E-state index is 14.0. The van der Waals surface area contributed by atoms with Crippen LogP contribution in [0.1, 0.15) is 13.3 Å². The molecular formula is C13H18FN3O4. The van der Waals surface area contributed by atoms with Crippen molar-refractivity contribution in [3.8, 4) is 5.75 Å². The van der Waals surface area contributed by atoms with E-state index in [1.807, 2.05) is 6.92 Å². The molecule has 0 saturated heterocycles. The second-order valence-corrected chi connectivity index (χ2v) is 4.82. The first-order chi connectivity index (χ1) is 9.97. The zero-order chi connectivity index (χ0) is 15.6. The van der Waals surface area contributed by atoms with Gasteiger partial charge >= 0.3 is 5.69 Å². The molecule has 7 nitrogen and oxygen atoms in total. The summed E-state index contributed by atoms with van der Waals surface area (Å²) in [4.78, 5) is 10.1. The Balaban J connectivity index is 2.22. The number of nitro groups is 1. The summed E-state index contributed by atoms with van der Waals surface area (Å²) in [5.74, 6) is -0.735. The molecule has 1 aliphatic rings. The summed E-state index contributed by atoms with van der Waals surface area (Å²) in [7, 11) is 1.29. The maximum atomic E-state index is 14.0. The van der Waals surface area contributed by atoms with E-state index in [-0.39, 0.29) is 29.6 Å². The molecule has 3 N–H and O–H groups in total. The summed E-state index contributed by atoms with van der Waals surface area (Å²) in [6, 6.07) is 1.72. The van der Waals surface area contributed by atoms with Crippen LogP contribution in [0.2, 0.25) is 0 Å². The van der Waals surface area contributed by atoms with Crippen LogP contribution in [0.3, 0.4) is 0 Å². The van der Waals surface area contributed by atoms with Gasteiger partial charge in [0, 0.05) is 18.7 Å². The fourth-order valence-electron chi connectivity index (χ4n) is 2.37. The van der Waals surface area contributed by atoms with Crippen LogP contribution < -0.4 is 15.8 Å². The third-order valence-electron chi connectivity index (χ3n) is 3.53. The lowest BCUT2D eigenvalue weighted by Crippen LogP contribution is -2.60. The molecule has 0 amide bonds. The zero-order valence-corrected chi connectivity index (χ0v) is 11.8. The number of nitrogens with one attached hydrogen (secondary N) is 1. The van der Waals surface area contributed by atoms with Crippen LogP contribution in [0, 0.1) is 15.9 Å². The van der Waals surface area contributed by atoms with Gasteiger partial charge in [0.1, 0.15) is 0 Å². The number of nitro benzene ring substituents is 1. The van der Waals surface area contributed by atoms with Crippen molar-refractivity contribution in [2.24, 2.45) is 5.73 Å². The molecule has 1 fully saturated rings. The number of rotatable bonds is 6. The van der Waals surface area contributed by atoms with E-state index in [1.54, 1.807) is 0 Å². The molecule has 0 spiro atoms. The van der Waals surface area contributed by atoms with Crippen LogP contribution in [-0.2, 0) is 4.74 Å². The summed E-state index contributed by atoms with van der Waals surface area (Å²) in [6.07, 6.45) is 0.600. The van der Waals surface area contributed by atoms with E-state index in [9.17, 15) is 14.5 Å². The van der Waals surface area contributed by atoms with Crippen molar-refractivity contribution in [1.82, 2.24) is 0 Å². The number of anilines is 1. The molecule has 1 aliphatic carbocycles. The molecule has 0 aliphatic heterocycles. The van der Waals surface area contributed by atoms with E-state index in [4.69, 9.17) is 15.2 Å². The van der Waals surface area contributed by atoms with Gasteiger partial charge in [-0.25, -0.2) is 4.39 Å². The highest BCUT2D eigenvalue weighted by molar-refractivity contribution is 5.59. The highest BCUT2D eigenvalue weighted by Crippen LogP contribution is 2.34. The number of hydrogen-bond donors (Lipinski definition) is 2. The van der Waals surface area contributed by atoms with Crippen molar-refractivity contribution in [1.29, 1.82) is 0 Å². The minimum absolute atomic E-state index is 0.00949. The van der Waals surface area contributed by atoms with Crippen LogP contribution in [0.15, 0.2) is 12.1 Å². The highest BCUT2D eigenvalue weighted by Gasteiger charge is 2.40. The second-order valence-electron chi connectivity index (χ2n) is 4.82. The summed E-state index contributed by atoms with van der Waals surface area (Å²) in [5, 5.41) is 13.8. The number of hydrogen-bond acceptors (Lipinski definition) is 6. The fourth-order valence-corrected chi connectivity index (χ4v) is 2.37. The lowest BCUT2D eigenvalue weighted by molar-refractivity contribution is -0.385. The number of ether oxygens (including phenoxy) is 2. The number of benzene rings is 1. The Bertz CT molecular complexity index is 538. The summed E-state index contributed by atoms with van der Waals surface area (Å²) in [6.45, 7) is 2.41. The van der Waals surface area contributed by atoms with E-state index < -0.39 is 16.4 Å². The van der Waals surface area contributed by atoms with E-state index in [0.717, 1.165) is 6.07 Å². The van der Waals surface area contributed by atoms with E-state index >= 15 is 0 Å². The molecule has 0 aromatic heterocycles. The summed E-state index contributed by atoms with van der Waals surface area (Å²) >= 11 is 0. The van der Waals surface area contributed by atoms with Crippen molar-refractivity contribution >= 4 is 11.4 Å². The molecule has 116 valence electrons. The van der Waals surface area contributed by atoms with Crippen LogP contribution in [-0.4, -0.2) is 36.8 Å². The van der Waals surface area contributed by atoms with Crippen LogP contribution in [0.4, 0.5) is 15.8 Å². The largest absolute Gasteiger partial charge is 0.490 e. The standard InChI is InChI=1S/C13H18FN3O4/c1-3-21-12-5-8(15)13(12)16-9-6-11(20-2)10(17(18)19)4-7(9)14/h4,6,8,12-13,16H,3,5,15H2,1-2H3. The Hall–Kier alpha value is -1.93. The van der Waals surface area contributed by atoms with E-state index in [0.29, 0.717) is 13.0 Å². The van der Waals surface area contributed by atoms with Gasteiger partial charge in [-0.1, -0.05) is 0 Å². The molecule has 3 atom stereocenters. The molecule has 0 bridgehead atoms. The molecule has 1 aromatic rings. The second kappa shape index (κ2) is 6.23. The molecule has 3 unspecified atom stereocenters. The SMILES string of the molecule is CCOC1CC(N)C1Nc1cc(OC)c([N+](=O)[O-])cc1F. The van der Waals surface area contributed by atoms with Crippen molar-refractivity contribution in [3.05, 3.63) is 28.1 Å². The van der Waals surface area contributed by atoms with Crippen molar-refractivity contribution in [3.63, 3.8) is 0 Å². The zero-order valence-electron chi connectivity index (χ0n) is 11.8. The number of methoxy groups -OCH3 is 1. The predicted octanol–water partition coefficient (Wildman–Crippen LogP) is 1.66. The average Bonchev–Trinajstić information content (AvgIpc) is 2.45. The smallest absolute Gasteiger partial charge is 0.313 e. The normalized spacial score (nSPS) is 24.3. The van der Waals surface area contributed by atoms with Crippen LogP contribution in [0.25, 0.3) is 0 Å². The quantitative estimate of drug-likeness (QED) is 0.612. The van der Waals surface area contributed by atoms with Gasteiger partial charge in [-0.05, 0) is 13.3 Å². The Kier molecular flexibility index (Phi) is 4.59. The molecular weight excluding hydrogens is 281 g/mol. The third-order valence-corrected chi connectivity index (χ3v) is 3.53. The van der Waals surface area contributed by atoms with Gasteiger partial charge in [-0.2, -0.15) is 0 Å². The Morgan fingerprint density at radius 2 is 2.29 bits per heavy atom. The van der Waals surface area contributed by atoms with Crippen molar-refractivity contribution in [2.75, 3.05) is 19.0 Å². The molecule has 1 saturated carbocycles. The van der Waals surface area contributed by atoms with Crippen molar-refractivity contribution in [2.45, 2.75) is 31.5 Å². The van der Waals surface area contributed by atoms with Gasteiger partial charge in [0.2, 0.25) is 0 Å². The van der Waals surface area contributed by atoms with Crippen LogP contribution >= 0.6 is 0 Å². The molecule has 21 heavy (non-hydrogen) atoms. The summed E-state index contributed by atoms with van der Waals surface area (Å²) in [5.41, 5.74) is 5.58. The first-order valence-corrected chi connectivity index (χ1v) is 6.63. The minimum atomic E-state index is -0.725. The molecule has 2 rings (SSSR count). The van der Waals surface area contributed by atoms with E-state index in [2.05, 4.69) is 5.32 Å². The molecule has 8 heteroatoms. The van der Waals surface area contributed by atoms with Gasteiger partial charge < -0.3 is 20.5 Å². The fraction of sp³-hybridized carbons (Fsp3) is 0.538. The Labute approximate surface area is 121 Å². The number of nitrogens with zero attached hydrogens (tertiary/aromatic N) is 1. The molecule has 0 heterocycles. The van der Waals surface area contributed by atoms with Gasteiger partial charge in [-0.3, -0.25) is 10.1 Å². The lowest BCUT2D eigenvalue weighted by atomic mass is 9.83. The number of nitrogens with two attached hydrogens (primary N) is 1. The summed E-state index contributed by atoms with van der Waals surface area (Å²) < 4.78 is 24.4. The minimum Gasteiger partial charge on any atom is -0.490 e. The Morgan fingerprint density at radius 3 is 2.81 bits per heavy atom.